The van der Waals surface area contributed by atoms with Crippen molar-refractivity contribution in [2.24, 2.45) is 5.92 Å². The highest BCUT2D eigenvalue weighted by atomic mass is 32.1. The molecule has 1 aliphatic heterocycles. The maximum atomic E-state index is 12.6. The maximum Gasteiger partial charge on any atom is 0.226 e. The van der Waals surface area contributed by atoms with Gasteiger partial charge in [-0.3, -0.25) is 9.69 Å². The van der Waals surface area contributed by atoms with Crippen LogP contribution in [-0.4, -0.2) is 46.9 Å². The number of aromatic nitrogens is 1. The number of hydrogen-bond donors (Lipinski definition) is 0. The van der Waals surface area contributed by atoms with E-state index in [0.29, 0.717) is 5.91 Å². The molecular weight excluding hydrogens is 318 g/mol. The molecule has 2 aliphatic rings. The number of nitrogens with zero attached hydrogens (tertiary/aromatic N) is 3. The Morgan fingerprint density at radius 2 is 2.00 bits per heavy atom. The first-order valence-corrected chi connectivity index (χ1v) is 9.92. The quantitative estimate of drug-likeness (QED) is 0.786. The van der Waals surface area contributed by atoms with E-state index >= 15 is 0 Å². The van der Waals surface area contributed by atoms with Crippen LogP contribution in [-0.2, 0) is 16.8 Å². The SMILES string of the molecule is CC(C)(C)c1nc(CN2CCN(C(=O)C3CC=CCC3)CC2)cs1. The Morgan fingerprint density at radius 1 is 1.25 bits per heavy atom. The van der Waals surface area contributed by atoms with Crippen molar-refractivity contribution in [3.8, 4) is 0 Å². The lowest BCUT2D eigenvalue weighted by atomic mass is 9.93. The predicted molar refractivity (Wildman–Crippen MR) is 99.2 cm³/mol. The summed E-state index contributed by atoms with van der Waals surface area (Å²) in [6.45, 7) is 11.2. The van der Waals surface area contributed by atoms with Gasteiger partial charge in [-0.15, -0.1) is 11.3 Å². The van der Waals surface area contributed by atoms with Crippen molar-refractivity contribution in [1.29, 1.82) is 0 Å². The van der Waals surface area contributed by atoms with Gasteiger partial charge in [-0.1, -0.05) is 32.9 Å². The third kappa shape index (κ3) is 4.25. The van der Waals surface area contributed by atoms with E-state index in [1.807, 2.05) is 0 Å². The molecule has 2 heterocycles. The second kappa shape index (κ2) is 7.36. The van der Waals surface area contributed by atoms with E-state index < -0.39 is 0 Å². The summed E-state index contributed by atoms with van der Waals surface area (Å²) in [5.41, 5.74) is 1.30. The fourth-order valence-electron chi connectivity index (χ4n) is 3.36. The van der Waals surface area contributed by atoms with Crippen molar-refractivity contribution in [2.45, 2.75) is 52.0 Å². The lowest BCUT2D eigenvalue weighted by Crippen LogP contribution is -2.50. The van der Waals surface area contributed by atoms with Crippen LogP contribution in [0, 0.1) is 5.92 Å². The number of rotatable bonds is 3. The number of piperazine rings is 1. The molecule has 3 rings (SSSR count). The third-order valence-electron chi connectivity index (χ3n) is 4.88. The van der Waals surface area contributed by atoms with E-state index in [1.165, 1.54) is 10.7 Å². The molecule has 24 heavy (non-hydrogen) atoms. The average molecular weight is 348 g/mol. The monoisotopic (exact) mass is 347 g/mol. The van der Waals surface area contributed by atoms with Gasteiger partial charge in [-0.25, -0.2) is 4.98 Å². The summed E-state index contributed by atoms with van der Waals surface area (Å²) >= 11 is 1.76. The standard InChI is InChI=1S/C19H29N3OS/c1-19(2,3)18-20-16(14-24-18)13-21-9-11-22(12-10-21)17(23)15-7-5-4-6-8-15/h4-5,14-15H,6-13H2,1-3H3. The molecule has 1 amide bonds. The number of allylic oxidation sites excluding steroid dienone is 2. The lowest BCUT2D eigenvalue weighted by molar-refractivity contribution is -0.137. The van der Waals surface area contributed by atoms with Crippen molar-refractivity contribution in [2.75, 3.05) is 26.2 Å². The highest BCUT2D eigenvalue weighted by molar-refractivity contribution is 7.09. The Morgan fingerprint density at radius 3 is 2.58 bits per heavy atom. The zero-order valence-electron chi connectivity index (χ0n) is 15.1. The summed E-state index contributed by atoms with van der Waals surface area (Å²) in [6, 6.07) is 0. The first-order valence-electron chi connectivity index (χ1n) is 9.04. The molecule has 5 heteroatoms. The molecule has 1 aromatic rings. The van der Waals surface area contributed by atoms with Crippen LogP contribution < -0.4 is 0 Å². The second-order valence-electron chi connectivity index (χ2n) is 7.98. The minimum atomic E-state index is 0.127. The molecule has 1 saturated heterocycles. The van der Waals surface area contributed by atoms with Gasteiger partial charge in [-0.2, -0.15) is 0 Å². The zero-order chi connectivity index (χ0) is 17.2. The highest BCUT2D eigenvalue weighted by Gasteiger charge is 2.27. The minimum Gasteiger partial charge on any atom is -0.340 e. The van der Waals surface area contributed by atoms with Crippen molar-refractivity contribution in [3.05, 3.63) is 28.2 Å². The summed E-state index contributed by atoms with van der Waals surface area (Å²) < 4.78 is 0. The van der Waals surface area contributed by atoms with Gasteiger partial charge < -0.3 is 4.90 Å². The van der Waals surface area contributed by atoms with Crippen molar-refractivity contribution >= 4 is 17.2 Å². The summed E-state index contributed by atoms with van der Waals surface area (Å²) in [4.78, 5) is 21.9. The first-order chi connectivity index (χ1) is 11.4. The molecule has 1 atom stereocenters. The highest BCUT2D eigenvalue weighted by Crippen LogP contribution is 2.26. The molecule has 0 bridgehead atoms. The predicted octanol–water partition coefficient (Wildman–Crippen LogP) is 3.44. The molecule has 4 nitrogen and oxygen atoms in total. The maximum absolute atomic E-state index is 12.6. The summed E-state index contributed by atoms with van der Waals surface area (Å²) in [5.74, 6) is 0.581. The van der Waals surface area contributed by atoms with Crippen LogP contribution in [0.15, 0.2) is 17.5 Å². The summed E-state index contributed by atoms with van der Waals surface area (Å²) in [7, 11) is 0. The van der Waals surface area contributed by atoms with Gasteiger partial charge in [0.2, 0.25) is 5.91 Å². The van der Waals surface area contributed by atoms with Gasteiger partial charge in [0.25, 0.3) is 0 Å². The fourth-order valence-corrected chi connectivity index (χ4v) is 4.25. The number of hydrogen-bond acceptors (Lipinski definition) is 4. The minimum absolute atomic E-state index is 0.127. The van der Waals surface area contributed by atoms with Crippen LogP contribution in [0.5, 0.6) is 0 Å². The summed E-state index contributed by atoms with van der Waals surface area (Å²) in [6.07, 6.45) is 7.35. The van der Waals surface area contributed by atoms with Crippen molar-refractivity contribution in [3.63, 3.8) is 0 Å². The van der Waals surface area contributed by atoms with Crippen LogP contribution in [0.3, 0.4) is 0 Å². The van der Waals surface area contributed by atoms with Gasteiger partial charge in [0.15, 0.2) is 0 Å². The molecule has 0 radical (unpaired) electrons. The van der Waals surface area contributed by atoms with Crippen LogP contribution in [0.1, 0.15) is 50.7 Å². The van der Waals surface area contributed by atoms with Crippen LogP contribution in [0.4, 0.5) is 0 Å². The number of carbonyl (C=O) groups excluding carboxylic acids is 1. The van der Waals surface area contributed by atoms with Crippen molar-refractivity contribution in [1.82, 2.24) is 14.8 Å². The van der Waals surface area contributed by atoms with Crippen LogP contribution >= 0.6 is 11.3 Å². The smallest absolute Gasteiger partial charge is 0.226 e. The van der Waals surface area contributed by atoms with Gasteiger partial charge in [-0.05, 0) is 19.3 Å². The molecule has 0 N–H and O–H groups in total. The van der Waals surface area contributed by atoms with Gasteiger partial charge in [0.05, 0.1) is 10.7 Å². The average Bonchev–Trinajstić information content (AvgIpc) is 3.05. The zero-order valence-corrected chi connectivity index (χ0v) is 15.9. The topological polar surface area (TPSA) is 36.4 Å². The van der Waals surface area contributed by atoms with Gasteiger partial charge >= 0.3 is 0 Å². The Kier molecular flexibility index (Phi) is 5.40. The van der Waals surface area contributed by atoms with E-state index in [2.05, 4.69) is 48.1 Å². The Labute approximate surface area is 149 Å². The number of thiazole rings is 1. The largest absolute Gasteiger partial charge is 0.340 e. The molecule has 1 aliphatic carbocycles. The van der Waals surface area contributed by atoms with Gasteiger partial charge in [0, 0.05) is 49.4 Å². The van der Waals surface area contributed by atoms with E-state index in [9.17, 15) is 4.79 Å². The second-order valence-corrected chi connectivity index (χ2v) is 8.83. The first kappa shape index (κ1) is 17.6. The third-order valence-corrected chi connectivity index (χ3v) is 6.20. The van der Waals surface area contributed by atoms with Crippen LogP contribution in [0.25, 0.3) is 0 Å². The molecule has 1 unspecified atom stereocenters. The Bertz CT molecular complexity index is 594. The van der Waals surface area contributed by atoms with E-state index in [1.54, 1.807) is 11.3 Å². The molecule has 132 valence electrons. The normalized spacial score (nSPS) is 22.8. The fraction of sp³-hybridized carbons (Fsp3) is 0.684. The molecule has 0 saturated carbocycles. The van der Waals surface area contributed by atoms with E-state index in [4.69, 9.17) is 4.98 Å². The molecule has 0 spiro atoms. The lowest BCUT2D eigenvalue weighted by Gasteiger charge is -2.36. The summed E-state index contributed by atoms with van der Waals surface area (Å²) in [5, 5.41) is 3.39. The molecule has 1 aromatic heterocycles. The van der Waals surface area contributed by atoms with E-state index in [0.717, 1.165) is 52.0 Å². The Hall–Kier alpha value is -1.20. The van der Waals surface area contributed by atoms with E-state index in [-0.39, 0.29) is 11.3 Å². The number of carbonyl (C=O) groups is 1. The number of amides is 1. The van der Waals surface area contributed by atoms with Gasteiger partial charge in [0.1, 0.15) is 0 Å². The molecular formula is C19H29N3OS. The molecule has 0 aromatic carbocycles. The Balaban J connectivity index is 1.49. The van der Waals surface area contributed by atoms with Crippen LogP contribution in [0.2, 0.25) is 0 Å². The molecule has 1 fully saturated rings. The van der Waals surface area contributed by atoms with Crippen molar-refractivity contribution < 1.29 is 4.79 Å².